The lowest BCUT2D eigenvalue weighted by Crippen LogP contribution is -1.86. The fourth-order valence-corrected chi connectivity index (χ4v) is 3.99. The van der Waals surface area contributed by atoms with E-state index in [0.29, 0.717) is 0 Å². The highest BCUT2D eigenvalue weighted by molar-refractivity contribution is 7.99. The second kappa shape index (κ2) is 7.29. The molecule has 0 amide bonds. The SMILES string of the molecule is Cc1n[nH]c(C)c1Sc1ccccc1N=Cc1c(O)ccc2ccccc12. The van der Waals surface area contributed by atoms with Crippen LogP contribution >= 0.6 is 11.8 Å². The number of fused-ring (bicyclic) bond motifs is 1. The van der Waals surface area contributed by atoms with E-state index >= 15 is 0 Å². The highest BCUT2D eigenvalue weighted by Crippen LogP contribution is 2.37. The van der Waals surface area contributed by atoms with E-state index in [9.17, 15) is 5.11 Å². The molecule has 0 atom stereocenters. The molecule has 0 spiro atoms. The summed E-state index contributed by atoms with van der Waals surface area (Å²) >= 11 is 1.65. The molecule has 0 saturated heterocycles. The number of para-hydroxylation sites is 1. The van der Waals surface area contributed by atoms with Crippen LogP contribution in [0.1, 0.15) is 17.0 Å². The summed E-state index contributed by atoms with van der Waals surface area (Å²) in [5.41, 5.74) is 3.60. The van der Waals surface area contributed by atoms with Crippen molar-refractivity contribution in [2.75, 3.05) is 0 Å². The molecule has 27 heavy (non-hydrogen) atoms. The van der Waals surface area contributed by atoms with Crippen LogP contribution < -0.4 is 0 Å². The second-order valence-electron chi connectivity index (χ2n) is 6.31. The number of nitrogens with zero attached hydrogens (tertiary/aromatic N) is 2. The van der Waals surface area contributed by atoms with E-state index in [-0.39, 0.29) is 5.75 Å². The summed E-state index contributed by atoms with van der Waals surface area (Å²) in [5.74, 6) is 0.226. The lowest BCUT2D eigenvalue weighted by atomic mass is 10.0. The van der Waals surface area contributed by atoms with Gasteiger partial charge in [-0.2, -0.15) is 5.10 Å². The molecule has 0 aliphatic carbocycles. The average Bonchev–Trinajstić information content (AvgIpc) is 3.00. The van der Waals surface area contributed by atoms with Gasteiger partial charge in [-0.25, -0.2) is 0 Å². The number of benzene rings is 3. The van der Waals surface area contributed by atoms with E-state index in [0.717, 1.165) is 43.2 Å². The monoisotopic (exact) mass is 373 g/mol. The molecule has 0 aliphatic heterocycles. The smallest absolute Gasteiger partial charge is 0.124 e. The van der Waals surface area contributed by atoms with Crippen molar-refractivity contribution >= 4 is 34.4 Å². The van der Waals surface area contributed by atoms with Crippen LogP contribution in [0.5, 0.6) is 5.75 Å². The van der Waals surface area contributed by atoms with Crippen LogP contribution in [0.25, 0.3) is 10.8 Å². The van der Waals surface area contributed by atoms with Gasteiger partial charge in [0.1, 0.15) is 5.75 Å². The first-order valence-electron chi connectivity index (χ1n) is 8.66. The number of aromatic nitrogens is 2. The zero-order valence-electron chi connectivity index (χ0n) is 15.1. The Morgan fingerprint density at radius 1 is 1.00 bits per heavy atom. The van der Waals surface area contributed by atoms with Crippen molar-refractivity contribution in [2.24, 2.45) is 4.99 Å². The third kappa shape index (κ3) is 3.46. The first kappa shape index (κ1) is 17.4. The standard InChI is InChI=1S/C22H19N3OS/c1-14-22(15(2)25-24-14)27-21-10-6-5-9-19(21)23-13-18-17-8-4-3-7-16(17)11-12-20(18)26/h3-13,26H,1-2H3,(H,24,25). The molecule has 0 radical (unpaired) electrons. The van der Waals surface area contributed by atoms with Crippen LogP contribution in [0.15, 0.2) is 75.4 Å². The molecule has 4 nitrogen and oxygen atoms in total. The van der Waals surface area contributed by atoms with Gasteiger partial charge in [-0.15, -0.1) is 0 Å². The zero-order chi connectivity index (χ0) is 18.8. The van der Waals surface area contributed by atoms with Gasteiger partial charge < -0.3 is 5.11 Å². The minimum absolute atomic E-state index is 0.226. The van der Waals surface area contributed by atoms with Gasteiger partial charge in [0.15, 0.2) is 0 Å². The summed E-state index contributed by atoms with van der Waals surface area (Å²) in [5, 5.41) is 19.7. The maximum absolute atomic E-state index is 10.3. The molecule has 0 saturated carbocycles. The number of nitrogens with one attached hydrogen (secondary N) is 1. The minimum Gasteiger partial charge on any atom is -0.507 e. The molecular weight excluding hydrogens is 354 g/mol. The van der Waals surface area contributed by atoms with Gasteiger partial charge in [-0.3, -0.25) is 10.1 Å². The van der Waals surface area contributed by atoms with Gasteiger partial charge in [0, 0.05) is 22.4 Å². The molecular formula is C22H19N3OS. The summed E-state index contributed by atoms with van der Waals surface area (Å²) in [6.45, 7) is 4.01. The lowest BCUT2D eigenvalue weighted by molar-refractivity contribution is 0.475. The van der Waals surface area contributed by atoms with Crippen molar-refractivity contribution < 1.29 is 5.11 Å². The fraction of sp³-hybridized carbons (Fsp3) is 0.0909. The lowest BCUT2D eigenvalue weighted by Gasteiger charge is -2.07. The molecule has 2 N–H and O–H groups in total. The molecule has 134 valence electrons. The Kier molecular flexibility index (Phi) is 4.69. The number of H-pyrrole nitrogens is 1. The van der Waals surface area contributed by atoms with Crippen LogP contribution in [0.3, 0.4) is 0 Å². The van der Waals surface area contributed by atoms with Crippen molar-refractivity contribution in [3.63, 3.8) is 0 Å². The Bertz CT molecular complexity index is 1130. The summed E-state index contributed by atoms with van der Waals surface area (Å²) < 4.78 is 0. The van der Waals surface area contributed by atoms with E-state index in [1.165, 1.54) is 0 Å². The highest BCUT2D eigenvalue weighted by atomic mass is 32.2. The molecule has 1 aromatic heterocycles. The van der Waals surface area contributed by atoms with Gasteiger partial charge >= 0.3 is 0 Å². The average molecular weight is 373 g/mol. The number of aromatic hydroxyl groups is 1. The molecule has 0 unspecified atom stereocenters. The minimum atomic E-state index is 0.226. The van der Waals surface area contributed by atoms with Crippen LogP contribution in [0, 0.1) is 13.8 Å². The van der Waals surface area contributed by atoms with Crippen LogP contribution in [0.4, 0.5) is 5.69 Å². The van der Waals surface area contributed by atoms with Crippen LogP contribution in [-0.2, 0) is 0 Å². The Morgan fingerprint density at radius 3 is 2.59 bits per heavy atom. The first-order valence-corrected chi connectivity index (χ1v) is 9.48. The molecule has 4 rings (SSSR count). The number of aryl methyl sites for hydroxylation is 2. The Morgan fingerprint density at radius 2 is 1.78 bits per heavy atom. The summed E-state index contributed by atoms with van der Waals surface area (Å²) in [4.78, 5) is 6.85. The largest absolute Gasteiger partial charge is 0.507 e. The maximum atomic E-state index is 10.3. The number of aliphatic imine (C=N–C) groups is 1. The number of rotatable bonds is 4. The molecule has 4 aromatic rings. The quantitative estimate of drug-likeness (QED) is 0.445. The topological polar surface area (TPSA) is 61.3 Å². The normalized spacial score (nSPS) is 11.5. The fourth-order valence-electron chi connectivity index (χ4n) is 3.00. The van der Waals surface area contributed by atoms with E-state index in [2.05, 4.69) is 10.2 Å². The second-order valence-corrected chi connectivity index (χ2v) is 7.36. The molecule has 0 bridgehead atoms. The summed E-state index contributed by atoms with van der Waals surface area (Å²) in [6.07, 6.45) is 1.74. The van der Waals surface area contributed by atoms with E-state index in [1.807, 2.05) is 68.4 Å². The highest BCUT2D eigenvalue weighted by Gasteiger charge is 2.11. The maximum Gasteiger partial charge on any atom is 0.124 e. The number of phenols is 1. The summed E-state index contributed by atoms with van der Waals surface area (Å²) in [7, 11) is 0. The Labute approximate surface area is 162 Å². The van der Waals surface area contributed by atoms with Gasteiger partial charge in [-0.05, 0) is 42.8 Å². The van der Waals surface area contributed by atoms with E-state index in [1.54, 1.807) is 24.0 Å². The molecule has 1 heterocycles. The molecule has 0 aliphatic rings. The predicted octanol–water partition coefficient (Wildman–Crippen LogP) is 5.79. The molecule has 5 heteroatoms. The van der Waals surface area contributed by atoms with Gasteiger partial charge in [0.2, 0.25) is 0 Å². The van der Waals surface area contributed by atoms with Crippen molar-refractivity contribution in [3.05, 3.63) is 77.6 Å². The third-order valence-corrected chi connectivity index (χ3v) is 5.79. The third-order valence-electron chi connectivity index (χ3n) is 4.42. The first-order chi connectivity index (χ1) is 13.1. The number of hydrogen-bond acceptors (Lipinski definition) is 4. The van der Waals surface area contributed by atoms with E-state index < -0.39 is 0 Å². The van der Waals surface area contributed by atoms with Crippen molar-refractivity contribution in [2.45, 2.75) is 23.6 Å². The van der Waals surface area contributed by atoms with Crippen LogP contribution in [0.2, 0.25) is 0 Å². The van der Waals surface area contributed by atoms with Gasteiger partial charge in [-0.1, -0.05) is 54.2 Å². The van der Waals surface area contributed by atoms with Crippen molar-refractivity contribution in [1.82, 2.24) is 10.2 Å². The Hall–Kier alpha value is -3.05. The van der Waals surface area contributed by atoms with Crippen LogP contribution in [-0.4, -0.2) is 21.5 Å². The predicted molar refractivity (Wildman–Crippen MR) is 111 cm³/mol. The van der Waals surface area contributed by atoms with E-state index in [4.69, 9.17) is 4.99 Å². The van der Waals surface area contributed by atoms with Crippen molar-refractivity contribution in [1.29, 1.82) is 0 Å². The van der Waals surface area contributed by atoms with Gasteiger partial charge in [0.25, 0.3) is 0 Å². The van der Waals surface area contributed by atoms with Crippen molar-refractivity contribution in [3.8, 4) is 5.75 Å². The summed E-state index contributed by atoms with van der Waals surface area (Å²) in [6, 6.07) is 19.6. The molecule has 0 fully saturated rings. The Balaban J connectivity index is 1.73. The van der Waals surface area contributed by atoms with Gasteiger partial charge in [0.05, 0.1) is 16.3 Å². The number of aromatic amines is 1. The zero-order valence-corrected chi connectivity index (χ0v) is 15.9. The molecule has 3 aromatic carbocycles. The number of hydrogen-bond donors (Lipinski definition) is 2. The number of phenolic OH excluding ortho intramolecular Hbond substituents is 1.